The smallest absolute Gasteiger partial charge is 0.410 e. The Morgan fingerprint density at radius 1 is 1.17 bits per heavy atom. The molecule has 1 aliphatic rings. The molecule has 1 aromatic heterocycles. The first-order chi connectivity index (χ1) is 17.1. The van der Waals surface area contributed by atoms with Gasteiger partial charge in [0.25, 0.3) is 5.56 Å². The van der Waals surface area contributed by atoms with Crippen LogP contribution in [0.2, 0.25) is 0 Å². The van der Waals surface area contributed by atoms with Gasteiger partial charge in [-0.3, -0.25) is 9.36 Å². The van der Waals surface area contributed by atoms with Crippen LogP contribution in [0.1, 0.15) is 38.4 Å². The molecule has 10 heteroatoms. The van der Waals surface area contributed by atoms with Crippen LogP contribution in [0.5, 0.6) is 0 Å². The van der Waals surface area contributed by atoms with E-state index in [2.05, 4.69) is 4.98 Å². The average Bonchev–Trinajstić information content (AvgIpc) is 2.86. The Morgan fingerprint density at radius 2 is 1.83 bits per heavy atom. The standard InChI is InChI=1S/C26H36N6O4/c1-26(2,3)36-25(35)31-15-13-30(14-16-31)23-24(34)32(18-20(29-23)6-5-17-33)21-10-8-19(9-11-21)22(28)7-4-12-27/h4,7-12,18,33H,5-6,13-17,27-28H2,1-3H3/b12-4-,22-7-. The summed E-state index contributed by atoms with van der Waals surface area (Å²) in [5, 5.41) is 9.31. The monoisotopic (exact) mass is 496 g/mol. The second-order valence-electron chi connectivity index (χ2n) is 9.57. The molecule has 36 heavy (non-hydrogen) atoms. The molecule has 1 aliphatic heterocycles. The second kappa shape index (κ2) is 11.8. The number of allylic oxidation sites excluding steroid dienone is 2. The summed E-state index contributed by atoms with van der Waals surface area (Å²) in [6, 6.07) is 7.32. The lowest BCUT2D eigenvalue weighted by molar-refractivity contribution is 0.0240. The lowest BCUT2D eigenvalue weighted by Crippen LogP contribution is -2.51. The van der Waals surface area contributed by atoms with E-state index < -0.39 is 5.60 Å². The molecule has 0 aliphatic carbocycles. The van der Waals surface area contributed by atoms with Gasteiger partial charge in [-0.05, 0) is 69.7 Å². The molecule has 1 aromatic carbocycles. The third-order valence-corrected chi connectivity index (χ3v) is 5.63. The predicted octanol–water partition coefficient (Wildman–Crippen LogP) is 1.99. The van der Waals surface area contributed by atoms with Gasteiger partial charge in [-0.15, -0.1) is 0 Å². The number of hydrogen-bond acceptors (Lipinski definition) is 8. The third-order valence-electron chi connectivity index (χ3n) is 5.63. The summed E-state index contributed by atoms with van der Waals surface area (Å²) in [6.45, 7) is 7.30. The summed E-state index contributed by atoms with van der Waals surface area (Å²) in [5.41, 5.74) is 13.4. The number of carbonyl (C=O) groups is 1. The fraction of sp³-hybridized carbons (Fsp3) is 0.423. The molecule has 1 fully saturated rings. The Hall–Kier alpha value is -3.79. The van der Waals surface area contributed by atoms with Crippen molar-refractivity contribution in [1.82, 2.24) is 14.5 Å². The summed E-state index contributed by atoms with van der Waals surface area (Å²) >= 11 is 0. The normalized spacial score (nSPS) is 14.9. The highest BCUT2D eigenvalue weighted by Gasteiger charge is 2.28. The van der Waals surface area contributed by atoms with Crippen molar-refractivity contribution in [1.29, 1.82) is 0 Å². The minimum atomic E-state index is -0.568. The molecule has 194 valence electrons. The molecule has 5 N–H and O–H groups in total. The molecule has 0 atom stereocenters. The Labute approximate surface area is 211 Å². The number of amides is 1. The first-order valence-corrected chi connectivity index (χ1v) is 12.0. The zero-order chi connectivity index (χ0) is 26.3. The van der Waals surface area contributed by atoms with Crippen molar-refractivity contribution >= 4 is 17.6 Å². The minimum Gasteiger partial charge on any atom is -0.444 e. The number of ether oxygens (including phenoxy) is 1. The zero-order valence-corrected chi connectivity index (χ0v) is 21.2. The fourth-order valence-corrected chi connectivity index (χ4v) is 3.80. The van der Waals surface area contributed by atoms with Gasteiger partial charge in [0.1, 0.15) is 5.60 Å². The highest BCUT2D eigenvalue weighted by atomic mass is 16.6. The molecule has 0 saturated carbocycles. The highest BCUT2D eigenvalue weighted by Crippen LogP contribution is 2.18. The first-order valence-electron chi connectivity index (χ1n) is 12.0. The van der Waals surface area contributed by atoms with Gasteiger partial charge in [0.15, 0.2) is 5.82 Å². The number of piperazine rings is 1. The Balaban J connectivity index is 1.88. The van der Waals surface area contributed by atoms with Crippen molar-refractivity contribution in [2.24, 2.45) is 11.5 Å². The molecule has 0 unspecified atom stereocenters. The van der Waals surface area contributed by atoms with Crippen LogP contribution in [0.3, 0.4) is 0 Å². The lowest BCUT2D eigenvalue weighted by atomic mass is 10.1. The molecular weight excluding hydrogens is 460 g/mol. The van der Waals surface area contributed by atoms with E-state index in [9.17, 15) is 14.7 Å². The van der Waals surface area contributed by atoms with Crippen molar-refractivity contribution in [3.63, 3.8) is 0 Å². The molecule has 3 rings (SSSR count). The quantitative estimate of drug-likeness (QED) is 0.495. The maximum absolute atomic E-state index is 13.5. The number of aryl methyl sites for hydroxylation is 1. The summed E-state index contributed by atoms with van der Waals surface area (Å²) in [7, 11) is 0. The number of rotatable bonds is 7. The van der Waals surface area contributed by atoms with Gasteiger partial charge in [-0.25, -0.2) is 9.78 Å². The van der Waals surface area contributed by atoms with Crippen LogP contribution in [-0.2, 0) is 11.2 Å². The van der Waals surface area contributed by atoms with Crippen LogP contribution < -0.4 is 21.9 Å². The Kier molecular flexibility index (Phi) is 8.76. The van der Waals surface area contributed by atoms with E-state index in [-0.39, 0.29) is 18.3 Å². The van der Waals surface area contributed by atoms with Crippen LogP contribution in [0, 0.1) is 0 Å². The molecule has 0 radical (unpaired) electrons. The van der Waals surface area contributed by atoms with E-state index in [1.807, 2.05) is 49.9 Å². The summed E-state index contributed by atoms with van der Waals surface area (Å²) in [4.78, 5) is 34.1. The van der Waals surface area contributed by atoms with Gasteiger partial charge < -0.3 is 31.1 Å². The number of aliphatic hydroxyl groups excluding tert-OH is 1. The van der Waals surface area contributed by atoms with E-state index >= 15 is 0 Å². The molecule has 0 bridgehead atoms. The number of nitrogens with two attached hydrogens (primary N) is 2. The van der Waals surface area contributed by atoms with Gasteiger partial charge in [-0.1, -0.05) is 12.1 Å². The molecule has 10 nitrogen and oxygen atoms in total. The number of aliphatic hydroxyl groups is 1. The predicted molar refractivity (Wildman–Crippen MR) is 141 cm³/mol. The summed E-state index contributed by atoms with van der Waals surface area (Å²) in [5.74, 6) is 0.325. The van der Waals surface area contributed by atoms with E-state index in [0.717, 1.165) is 5.56 Å². The van der Waals surface area contributed by atoms with Crippen LogP contribution in [-0.4, -0.2) is 64.0 Å². The summed E-state index contributed by atoms with van der Waals surface area (Å²) < 4.78 is 7.04. The summed E-state index contributed by atoms with van der Waals surface area (Å²) in [6.07, 6.45) is 7.17. The molecule has 2 aromatic rings. The number of carbonyl (C=O) groups excluding carboxylic acids is 1. The second-order valence-corrected chi connectivity index (χ2v) is 9.57. The van der Waals surface area contributed by atoms with Gasteiger partial charge in [0, 0.05) is 50.4 Å². The van der Waals surface area contributed by atoms with Gasteiger partial charge in [0.2, 0.25) is 0 Å². The van der Waals surface area contributed by atoms with Crippen LogP contribution in [0.4, 0.5) is 10.6 Å². The largest absolute Gasteiger partial charge is 0.444 e. The van der Waals surface area contributed by atoms with Gasteiger partial charge in [-0.2, -0.15) is 0 Å². The van der Waals surface area contributed by atoms with E-state index in [4.69, 9.17) is 16.2 Å². The van der Waals surface area contributed by atoms with E-state index in [0.29, 0.717) is 61.9 Å². The van der Waals surface area contributed by atoms with Crippen molar-refractivity contribution in [2.45, 2.75) is 39.2 Å². The Bertz CT molecular complexity index is 1160. The third kappa shape index (κ3) is 6.88. The van der Waals surface area contributed by atoms with E-state index in [1.165, 1.54) is 6.20 Å². The highest BCUT2D eigenvalue weighted by molar-refractivity contribution is 5.68. The molecule has 0 spiro atoms. The number of benzene rings is 1. The number of anilines is 1. The maximum atomic E-state index is 13.5. The van der Waals surface area contributed by atoms with Crippen molar-refractivity contribution < 1.29 is 14.6 Å². The Morgan fingerprint density at radius 3 is 2.42 bits per heavy atom. The minimum absolute atomic E-state index is 0.0300. The van der Waals surface area contributed by atoms with E-state index in [1.54, 1.807) is 27.8 Å². The van der Waals surface area contributed by atoms with Crippen LogP contribution >= 0.6 is 0 Å². The molecule has 2 heterocycles. The first kappa shape index (κ1) is 26.8. The van der Waals surface area contributed by atoms with Crippen molar-refractivity contribution in [2.75, 3.05) is 37.7 Å². The SMILES string of the molecule is CC(C)(C)OC(=O)N1CCN(c2nc(CCCO)cn(-c3ccc(/C(N)=C/C=C\N)cc3)c2=O)CC1. The van der Waals surface area contributed by atoms with Gasteiger partial charge in [0.05, 0.1) is 5.69 Å². The number of aromatic nitrogens is 2. The lowest BCUT2D eigenvalue weighted by Gasteiger charge is -2.36. The fourth-order valence-electron chi connectivity index (χ4n) is 3.80. The molecular formula is C26H36N6O4. The van der Waals surface area contributed by atoms with Crippen LogP contribution in [0.25, 0.3) is 11.4 Å². The topological polar surface area (TPSA) is 140 Å². The number of nitrogens with zero attached hydrogens (tertiary/aromatic N) is 4. The molecule has 1 amide bonds. The number of hydrogen-bond donors (Lipinski definition) is 3. The average molecular weight is 497 g/mol. The van der Waals surface area contributed by atoms with Crippen LogP contribution in [0.15, 0.2) is 53.6 Å². The maximum Gasteiger partial charge on any atom is 0.410 e. The van der Waals surface area contributed by atoms with Gasteiger partial charge >= 0.3 is 6.09 Å². The van der Waals surface area contributed by atoms with Crippen molar-refractivity contribution in [3.8, 4) is 5.69 Å². The van der Waals surface area contributed by atoms with Crippen molar-refractivity contribution in [3.05, 3.63) is 70.4 Å². The molecule has 1 saturated heterocycles. The zero-order valence-electron chi connectivity index (χ0n) is 21.2.